The molecule has 3 N–H and O–H groups in total. The van der Waals surface area contributed by atoms with Crippen molar-refractivity contribution in [2.45, 2.75) is 62.9 Å². The predicted octanol–water partition coefficient (Wildman–Crippen LogP) is 2.07. The molecule has 6 rings (SSSR count). The molecule has 4 atom stereocenters. The number of nitrogens with zero attached hydrogens (tertiary/aromatic N) is 2. The van der Waals surface area contributed by atoms with Crippen LogP contribution in [0.3, 0.4) is 0 Å². The minimum Gasteiger partial charge on any atom is -0.493 e. The van der Waals surface area contributed by atoms with Crippen molar-refractivity contribution >= 4 is 23.7 Å². The molecular weight excluding hydrogens is 592 g/mol. The number of carbonyl (C=O) groups is 4. The molecule has 0 aromatic heterocycles. The first kappa shape index (κ1) is 32.0. The summed E-state index contributed by atoms with van der Waals surface area (Å²) >= 11 is 0. The van der Waals surface area contributed by atoms with Crippen LogP contribution in [0, 0.1) is 5.92 Å². The molecule has 0 radical (unpaired) electrons. The summed E-state index contributed by atoms with van der Waals surface area (Å²) in [6, 6.07) is 12.8. The van der Waals surface area contributed by atoms with Gasteiger partial charge in [0.25, 0.3) is 5.91 Å². The Morgan fingerprint density at radius 2 is 1.72 bits per heavy atom. The number of hydrogen-bond donors (Lipinski definition) is 3. The van der Waals surface area contributed by atoms with Gasteiger partial charge in [0.15, 0.2) is 0 Å². The van der Waals surface area contributed by atoms with Gasteiger partial charge in [-0.3, -0.25) is 19.3 Å². The van der Waals surface area contributed by atoms with Crippen molar-refractivity contribution in [2.75, 3.05) is 46.0 Å². The SMILES string of the molecule is O=C(O)c1ccc(CN2CCN3C(=O)c4ccccc4OCC[C@@H]4CC[C@@H](NC(=O)C5CCOCC5)[C@@H](CNC(=O)[C@@H]3C2)O4)cc1. The lowest BCUT2D eigenvalue weighted by molar-refractivity contribution is -0.134. The second-order valence-corrected chi connectivity index (χ2v) is 12.5. The lowest BCUT2D eigenvalue weighted by Gasteiger charge is -2.42. The number of rotatable bonds is 5. The van der Waals surface area contributed by atoms with Crippen LogP contribution in [-0.4, -0.2) is 109 Å². The zero-order chi connectivity index (χ0) is 32.0. The summed E-state index contributed by atoms with van der Waals surface area (Å²) in [4.78, 5) is 56.1. The van der Waals surface area contributed by atoms with E-state index in [1.165, 1.54) is 0 Å². The standard InChI is InChI=1S/C34H42N4O8/c39-31(23-11-16-44-17-12-23)36-27-10-9-25-13-18-45-29-4-2-1-3-26(29)33(41)38-15-14-37(20-22-5-7-24(8-6-22)34(42)43)21-28(38)32(40)35-19-30(27)46-25/h1-8,23,25,27-28,30H,9-21H2,(H,35,40)(H,36,39)(H,42,43)/t25-,27+,28-,30+/m0/s1. The molecule has 0 unspecified atom stereocenters. The Bertz CT molecular complexity index is 1410. The van der Waals surface area contributed by atoms with Crippen LogP contribution in [0.15, 0.2) is 48.5 Å². The van der Waals surface area contributed by atoms with Gasteiger partial charge in [-0.1, -0.05) is 24.3 Å². The molecule has 0 spiro atoms. The van der Waals surface area contributed by atoms with E-state index in [2.05, 4.69) is 15.5 Å². The minimum atomic E-state index is -0.988. The van der Waals surface area contributed by atoms with Crippen molar-refractivity contribution in [1.82, 2.24) is 20.4 Å². The zero-order valence-corrected chi connectivity index (χ0v) is 25.9. The van der Waals surface area contributed by atoms with Gasteiger partial charge in [0.2, 0.25) is 11.8 Å². The van der Waals surface area contributed by atoms with Gasteiger partial charge < -0.3 is 34.9 Å². The number of aromatic carboxylic acids is 1. The smallest absolute Gasteiger partial charge is 0.335 e. The molecule has 2 bridgehead atoms. The average molecular weight is 635 g/mol. The third kappa shape index (κ3) is 7.51. The van der Waals surface area contributed by atoms with E-state index < -0.39 is 18.1 Å². The van der Waals surface area contributed by atoms with E-state index in [-0.39, 0.29) is 47.9 Å². The first-order valence-corrected chi connectivity index (χ1v) is 16.2. The number of carbonyl (C=O) groups excluding carboxylic acids is 3. The van der Waals surface area contributed by atoms with Crippen molar-refractivity contribution in [1.29, 1.82) is 0 Å². The first-order valence-electron chi connectivity index (χ1n) is 16.2. The number of carboxylic acid groups (broad SMARTS) is 1. The highest BCUT2D eigenvalue weighted by molar-refractivity contribution is 6.00. The van der Waals surface area contributed by atoms with E-state index >= 15 is 0 Å². The Morgan fingerprint density at radius 1 is 0.935 bits per heavy atom. The van der Waals surface area contributed by atoms with Gasteiger partial charge in [0, 0.05) is 58.3 Å². The number of ether oxygens (including phenoxy) is 3. The molecule has 4 heterocycles. The summed E-state index contributed by atoms with van der Waals surface area (Å²) in [6.07, 6.45) is 2.91. The molecule has 2 aromatic carbocycles. The molecule has 246 valence electrons. The van der Waals surface area contributed by atoms with Crippen LogP contribution in [-0.2, 0) is 25.6 Å². The zero-order valence-electron chi connectivity index (χ0n) is 25.9. The van der Waals surface area contributed by atoms with E-state index in [4.69, 9.17) is 14.2 Å². The van der Waals surface area contributed by atoms with Crippen molar-refractivity contribution in [3.8, 4) is 5.75 Å². The fourth-order valence-electron chi connectivity index (χ4n) is 6.79. The van der Waals surface area contributed by atoms with Crippen LogP contribution in [0.4, 0.5) is 0 Å². The normalized spacial score (nSPS) is 26.5. The monoisotopic (exact) mass is 634 g/mol. The summed E-state index contributed by atoms with van der Waals surface area (Å²) in [5, 5.41) is 15.5. The number of para-hydroxylation sites is 1. The molecule has 4 aliphatic rings. The minimum absolute atomic E-state index is 0.00268. The maximum Gasteiger partial charge on any atom is 0.335 e. The molecule has 46 heavy (non-hydrogen) atoms. The van der Waals surface area contributed by atoms with Gasteiger partial charge in [0.1, 0.15) is 11.8 Å². The number of benzene rings is 2. The Kier molecular flexibility index (Phi) is 10.2. The summed E-state index contributed by atoms with van der Waals surface area (Å²) in [5.41, 5.74) is 1.53. The summed E-state index contributed by atoms with van der Waals surface area (Å²) in [5.74, 6) is -1.18. The fraction of sp³-hybridized carbons (Fsp3) is 0.529. The van der Waals surface area contributed by atoms with Crippen LogP contribution in [0.2, 0.25) is 0 Å². The Morgan fingerprint density at radius 3 is 2.50 bits per heavy atom. The van der Waals surface area contributed by atoms with E-state index in [0.717, 1.165) is 18.4 Å². The van der Waals surface area contributed by atoms with E-state index in [9.17, 15) is 24.3 Å². The highest BCUT2D eigenvalue weighted by Crippen LogP contribution is 2.27. The number of nitrogens with one attached hydrogen (secondary N) is 2. The molecule has 0 aliphatic carbocycles. The molecule has 12 nitrogen and oxygen atoms in total. The number of piperazine rings is 1. The van der Waals surface area contributed by atoms with E-state index in [0.29, 0.717) is 76.6 Å². The summed E-state index contributed by atoms with van der Waals surface area (Å²) < 4.78 is 18.0. The molecule has 4 aliphatic heterocycles. The highest BCUT2D eigenvalue weighted by Gasteiger charge is 2.39. The largest absolute Gasteiger partial charge is 0.493 e. The van der Waals surface area contributed by atoms with Crippen molar-refractivity contribution in [3.63, 3.8) is 0 Å². The van der Waals surface area contributed by atoms with Gasteiger partial charge in [-0.25, -0.2) is 4.79 Å². The molecule has 12 heteroatoms. The average Bonchev–Trinajstić information content (AvgIpc) is 3.08. The Labute approximate surface area is 268 Å². The maximum absolute atomic E-state index is 14.0. The summed E-state index contributed by atoms with van der Waals surface area (Å²) in [6.45, 7) is 3.36. The fourth-order valence-corrected chi connectivity index (χ4v) is 6.79. The van der Waals surface area contributed by atoms with Crippen LogP contribution in [0.1, 0.15) is 58.4 Å². The second-order valence-electron chi connectivity index (χ2n) is 12.5. The summed E-state index contributed by atoms with van der Waals surface area (Å²) in [7, 11) is 0. The number of amides is 3. The van der Waals surface area contributed by atoms with E-state index in [1.807, 2.05) is 6.07 Å². The topological polar surface area (TPSA) is 147 Å². The number of hydrogen-bond acceptors (Lipinski definition) is 8. The van der Waals surface area contributed by atoms with Crippen LogP contribution >= 0.6 is 0 Å². The molecule has 3 amide bonds. The molecule has 3 saturated heterocycles. The Hall–Kier alpha value is -4.00. The second kappa shape index (κ2) is 14.6. The van der Waals surface area contributed by atoms with Gasteiger partial charge >= 0.3 is 5.97 Å². The van der Waals surface area contributed by atoms with Gasteiger partial charge in [0.05, 0.1) is 36.0 Å². The quantitative estimate of drug-likeness (QED) is 0.450. The van der Waals surface area contributed by atoms with Crippen molar-refractivity contribution < 1.29 is 38.5 Å². The van der Waals surface area contributed by atoms with Crippen molar-refractivity contribution in [2.24, 2.45) is 5.92 Å². The van der Waals surface area contributed by atoms with Gasteiger partial charge in [-0.05, 0) is 55.5 Å². The molecule has 3 fully saturated rings. The number of fused-ring (bicyclic) bond motifs is 4. The van der Waals surface area contributed by atoms with Gasteiger partial charge in [-0.2, -0.15) is 0 Å². The highest BCUT2D eigenvalue weighted by atomic mass is 16.5. The first-order chi connectivity index (χ1) is 22.4. The third-order valence-corrected chi connectivity index (χ3v) is 9.46. The molecule has 2 aromatic rings. The van der Waals surface area contributed by atoms with Crippen molar-refractivity contribution in [3.05, 3.63) is 65.2 Å². The van der Waals surface area contributed by atoms with Gasteiger partial charge in [-0.15, -0.1) is 0 Å². The van der Waals surface area contributed by atoms with Crippen LogP contribution in [0.25, 0.3) is 0 Å². The maximum atomic E-state index is 14.0. The Balaban J connectivity index is 1.21. The third-order valence-electron chi connectivity index (χ3n) is 9.46. The van der Waals surface area contributed by atoms with Crippen LogP contribution < -0.4 is 15.4 Å². The number of carboxylic acids is 1. The molecular formula is C34H42N4O8. The predicted molar refractivity (Wildman–Crippen MR) is 166 cm³/mol. The molecule has 0 saturated carbocycles. The lowest BCUT2D eigenvalue weighted by Crippen LogP contribution is -2.62. The lowest BCUT2D eigenvalue weighted by atomic mass is 9.94. The van der Waals surface area contributed by atoms with Crippen LogP contribution in [0.5, 0.6) is 5.75 Å². The van der Waals surface area contributed by atoms with E-state index in [1.54, 1.807) is 47.4 Å².